The Labute approximate surface area is 57.8 Å². The van der Waals surface area contributed by atoms with E-state index >= 15 is 0 Å². The van der Waals surface area contributed by atoms with E-state index in [4.69, 9.17) is 0 Å². The lowest BCUT2D eigenvalue weighted by molar-refractivity contribution is 0.575. The van der Waals surface area contributed by atoms with Crippen molar-refractivity contribution in [1.82, 2.24) is 5.32 Å². The summed E-state index contributed by atoms with van der Waals surface area (Å²) in [4.78, 5) is 0. The van der Waals surface area contributed by atoms with Gasteiger partial charge >= 0.3 is 0 Å². The average Bonchev–Trinajstić information content (AvgIpc) is 2.34. The predicted octanol–water partition coefficient (Wildman–Crippen LogP) is 1.95. The van der Waals surface area contributed by atoms with E-state index in [2.05, 4.69) is 18.8 Å². The van der Waals surface area contributed by atoms with Crippen LogP contribution in [0.25, 0.3) is 0 Å². The number of rotatable bonds is 3. The molecule has 1 saturated carbocycles. The van der Waals surface area contributed by atoms with E-state index in [1.807, 2.05) is 0 Å². The average molecular weight is 126 g/mol. The topological polar surface area (TPSA) is 12.0 Å². The van der Waals surface area contributed by atoms with Crippen molar-refractivity contribution < 1.29 is 0 Å². The first-order valence-electron chi connectivity index (χ1n) is 4.00. The molecular weight excluding hydrogens is 110 g/mol. The maximum atomic E-state index is 3.27. The molecule has 1 radical (unpaired) electrons. The van der Waals surface area contributed by atoms with Crippen molar-refractivity contribution in [3.8, 4) is 0 Å². The summed E-state index contributed by atoms with van der Waals surface area (Å²) in [5, 5.41) is 3.27. The van der Waals surface area contributed by atoms with E-state index < -0.39 is 0 Å². The molecule has 0 bridgehead atoms. The zero-order valence-corrected chi connectivity index (χ0v) is 6.19. The van der Waals surface area contributed by atoms with E-state index in [1.165, 1.54) is 25.7 Å². The third-order valence-corrected chi connectivity index (χ3v) is 1.96. The predicted molar refractivity (Wildman–Crippen MR) is 39.9 cm³/mol. The van der Waals surface area contributed by atoms with E-state index in [0.29, 0.717) is 0 Å². The summed E-state index contributed by atoms with van der Waals surface area (Å²) in [5.41, 5.74) is 0. The summed E-state index contributed by atoms with van der Waals surface area (Å²) in [5.74, 6) is 0.880. The molecule has 0 unspecified atom stereocenters. The largest absolute Gasteiger partial charge is 0.312 e. The Hall–Kier alpha value is -0.0400. The van der Waals surface area contributed by atoms with Gasteiger partial charge in [0.15, 0.2) is 0 Å². The van der Waals surface area contributed by atoms with Crippen molar-refractivity contribution in [3.63, 3.8) is 0 Å². The highest BCUT2D eigenvalue weighted by atomic mass is 14.8. The van der Waals surface area contributed by atoms with Gasteiger partial charge in [-0.1, -0.05) is 19.8 Å². The lowest BCUT2D eigenvalue weighted by Gasteiger charge is -2.06. The number of hydrogen-bond acceptors (Lipinski definition) is 1. The molecule has 0 aromatic rings. The fourth-order valence-corrected chi connectivity index (χ4v) is 1.41. The fourth-order valence-electron chi connectivity index (χ4n) is 1.41. The minimum Gasteiger partial charge on any atom is -0.312 e. The highest BCUT2D eigenvalue weighted by Crippen LogP contribution is 2.25. The second-order valence-corrected chi connectivity index (χ2v) is 2.77. The molecule has 53 valence electrons. The van der Waals surface area contributed by atoms with E-state index in [1.54, 1.807) is 0 Å². The lowest BCUT2D eigenvalue weighted by Crippen LogP contribution is -2.13. The maximum absolute atomic E-state index is 3.27. The van der Waals surface area contributed by atoms with Gasteiger partial charge in [-0.05, 0) is 25.3 Å². The monoisotopic (exact) mass is 126 g/mol. The van der Waals surface area contributed by atoms with Gasteiger partial charge in [-0.15, -0.1) is 0 Å². The molecule has 0 amide bonds. The lowest BCUT2D eigenvalue weighted by atomic mass is 10.1. The van der Waals surface area contributed by atoms with Gasteiger partial charge in [0.05, 0.1) is 0 Å². The molecule has 0 aromatic heterocycles. The molecule has 1 aliphatic rings. The zero-order chi connectivity index (χ0) is 6.53. The molecule has 0 heterocycles. The highest BCUT2D eigenvalue weighted by Gasteiger charge is 2.13. The van der Waals surface area contributed by atoms with Gasteiger partial charge in [0.25, 0.3) is 0 Å². The van der Waals surface area contributed by atoms with Gasteiger partial charge in [0.1, 0.15) is 0 Å². The first-order valence-corrected chi connectivity index (χ1v) is 4.00. The molecule has 1 aliphatic carbocycles. The normalized spacial score (nSPS) is 21.0. The molecule has 9 heavy (non-hydrogen) atoms. The molecule has 0 aromatic carbocycles. The smallest absolute Gasteiger partial charge is 0.0251 e. The van der Waals surface area contributed by atoms with Crippen LogP contribution in [-0.2, 0) is 0 Å². The molecule has 1 fully saturated rings. The number of nitrogens with one attached hydrogen (secondary N) is 1. The van der Waals surface area contributed by atoms with Gasteiger partial charge in [-0.2, -0.15) is 0 Å². The Bertz CT molecular complexity index is 65.0. The van der Waals surface area contributed by atoms with Gasteiger partial charge in [0, 0.05) is 6.54 Å². The van der Waals surface area contributed by atoms with Crippen LogP contribution < -0.4 is 5.32 Å². The second kappa shape index (κ2) is 3.89. The second-order valence-electron chi connectivity index (χ2n) is 2.77. The maximum Gasteiger partial charge on any atom is 0.0251 e. The first-order chi connectivity index (χ1) is 4.43. The minimum atomic E-state index is 0.880. The minimum absolute atomic E-state index is 0.880. The van der Waals surface area contributed by atoms with Crippen molar-refractivity contribution in [2.24, 2.45) is 5.92 Å². The van der Waals surface area contributed by atoms with E-state index in [0.717, 1.165) is 12.5 Å². The van der Waals surface area contributed by atoms with Gasteiger partial charge in [-0.25, -0.2) is 0 Å². The highest BCUT2D eigenvalue weighted by molar-refractivity contribution is 4.77. The van der Waals surface area contributed by atoms with Crippen molar-refractivity contribution in [1.29, 1.82) is 0 Å². The molecule has 0 saturated heterocycles. The van der Waals surface area contributed by atoms with Crippen molar-refractivity contribution in [2.45, 2.75) is 32.6 Å². The zero-order valence-electron chi connectivity index (χ0n) is 6.19. The fraction of sp³-hybridized carbons (Fsp3) is 0.875. The summed E-state index contributed by atoms with van der Waals surface area (Å²) in [7, 11) is 0. The van der Waals surface area contributed by atoms with Crippen LogP contribution in [0.5, 0.6) is 0 Å². The Morgan fingerprint density at radius 1 is 1.44 bits per heavy atom. The Morgan fingerprint density at radius 3 is 2.67 bits per heavy atom. The van der Waals surface area contributed by atoms with Crippen LogP contribution in [0.4, 0.5) is 0 Å². The first kappa shape index (κ1) is 7.07. The van der Waals surface area contributed by atoms with Crippen molar-refractivity contribution >= 4 is 0 Å². The molecule has 0 spiro atoms. The van der Waals surface area contributed by atoms with Crippen LogP contribution in [-0.4, -0.2) is 6.54 Å². The summed E-state index contributed by atoms with van der Waals surface area (Å²) < 4.78 is 0. The van der Waals surface area contributed by atoms with Crippen molar-refractivity contribution in [3.05, 3.63) is 6.54 Å². The van der Waals surface area contributed by atoms with Crippen LogP contribution in [0.2, 0.25) is 0 Å². The van der Waals surface area contributed by atoms with Crippen LogP contribution in [0.15, 0.2) is 0 Å². The molecule has 0 aliphatic heterocycles. The van der Waals surface area contributed by atoms with Crippen LogP contribution >= 0.6 is 0 Å². The molecule has 1 rings (SSSR count). The summed E-state index contributed by atoms with van der Waals surface area (Å²) in [6.45, 7) is 5.49. The van der Waals surface area contributed by atoms with Gasteiger partial charge in [0.2, 0.25) is 0 Å². The SMILES string of the molecule is CCN[CH]C1CCCC1. The summed E-state index contributed by atoms with van der Waals surface area (Å²) in [6, 6.07) is 0. The Kier molecular flexibility index (Phi) is 3.05. The Morgan fingerprint density at radius 2 is 2.11 bits per heavy atom. The van der Waals surface area contributed by atoms with Crippen molar-refractivity contribution in [2.75, 3.05) is 6.54 Å². The standard InChI is InChI=1S/C8H16N/c1-2-9-7-8-5-3-4-6-8/h7-9H,2-6H2,1H3. The quantitative estimate of drug-likeness (QED) is 0.609. The van der Waals surface area contributed by atoms with Crippen LogP contribution in [0.3, 0.4) is 0 Å². The third kappa shape index (κ3) is 2.35. The van der Waals surface area contributed by atoms with E-state index in [9.17, 15) is 0 Å². The molecule has 0 atom stereocenters. The van der Waals surface area contributed by atoms with E-state index in [-0.39, 0.29) is 0 Å². The van der Waals surface area contributed by atoms with Crippen LogP contribution in [0, 0.1) is 12.5 Å². The molecule has 1 N–H and O–H groups in total. The summed E-state index contributed by atoms with van der Waals surface area (Å²) >= 11 is 0. The summed E-state index contributed by atoms with van der Waals surface area (Å²) in [6.07, 6.45) is 5.69. The number of hydrogen-bond donors (Lipinski definition) is 1. The third-order valence-electron chi connectivity index (χ3n) is 1.96. The van der Waals surface area contributed by atoms with Gasteiger partial charge < -0.3 is 5.32 Å². The molecular formula is C8H16N. The molecule has 1 nitrogen and oxygen atoms in total. The Balaban J connectivity index is 1.98. The van der Waals surface area contributed by atoms with Gasteiger partial charge in [-0.3, -0.25) is 0 Å². The molecule has 1 heteroatoms. The van der Waals surface area contributed by atoms with Crippen LogP contribution in [0.1, 0.15) is 32.6 Å².